The van der Waals surface area contributed by atoms with Crippen molar-refractivity contribution in [2.24, 2.45) is 16.8 Å². The molecular formula is C11H17N3O. The lowest BCUT2D eigenvalue weighted by molar-refractivity contribution is 0.249. The molecule has 0 aromatic rings. The maximum absolute atomic E-state index is 10.5. The summed E-state index contributed by atoms with van der Waals surface area (Å²) < 4.78 is 0. The molecule has 4 nitrogen and oxygen atoms in total. The van der Waals surface area contributed by atoms with Gasteiger partial charge in [-0.3, -0.25) is 0 Å². The first kappa shape index (κ1) is 11.5. The Morgan fingerprint density at radius 1 is 1.73 bits per heavy atom. The summed E-state index contributed by atoms with van der Waals surface area (Å²) in [7, 11) is 0. The average Bonchev–Trinajstić information content (AvgIpc) is 2.16. The highest BCUT2D eigenvalue weighted by molar-refractivity contribution is 6.01. The summed E-state index contributed by atoms with van der Waals surface area (Å²) in [6, 6.07) is -0.632. The van der Waals surface area contributed by atoms with Gasteiger partial charge in [0.15, 0.2) is 0 Å². The lowest BCUT2D eigenvalue weighted by Gasteiger charge is -2.22. The molecule has 0 saturated heterocycles. The standard InChI is InChI=1S/C11H17N3O/c1-7(2)9-5-4-8(3)10(6-9)13-14-11(12)15/h4,9H,1,5-6H2,2-3H3,(H3,12,14,15)/b13-10-. The van der Waals surface area contributed by atoms with Gasteiger partial charge in [0.25, 0.3) is 0 Å². The summed E-state index contributed by atoms with van der Waals surface area (Å²) in [6.45, 7) is 7.93. The Balaban J connectivity index is 2.75. The molecule has 2 amide bonds. The topological polar surface area (TPSA) is 67.5 Å². The number of carbonyl (C=O) groups is 1. The van der Waals surface area contributed by atoms with Gasteiger partial charge in [-0.05, 0) is 38.2 Å². The highest BCUT2D eigenvalue weighted by atomic mass is 16.2. The van der Waals surface area contributed by atoms with Crippen LogP contribution in [0.3, 0.4) is 0 Å². The van der Waals surface area contributed by atoms with Crippen molar-refractivity contribution in [1.29, 1.82) is 0 Å². The summed E-state index contributed by atoms with van der Waals surface area (Å²) in [5, 5.41) is 3.98. The van der Waals surface area contributed by atoms with Gasteiger partial charge in [-0.15, -0.1) is 0 Å². The molecule has 1 aliphatic carbocycles. The van der Waals surface area contributed by atoms with Crippen molar-refractivity contribution >= 4 is 11.7 Å². The molecule has 0 heterocycles. The number of allylic oxidation sites excluding steroid dienone is 3. The molecular weight excluding hydrogens is 190 g/mol. The van der Waals surface area contributed by atoms with Crippen LogP contribution >= 0.6 is 0 Å². The van der Waals surface area contributed by atoms with Crippen LogP contribution in [0.25, 0.3) is 0 Å². The summed E-state index contributed by atoms with van der Waals surface area (Å²) in [5.74, 6) is 0.419. The maximum Gasteiger partial charge on any atom is 0.332 e. The van der Waals surface area contributed by atoms with Crippen molar-refractivity contribution in [1.82, 2.24) is 5.43 Å². The van der Waals surface area contributed by atoms with Crippen molar-refractivity contribution < 1.29 is 4.79 Å². The van der Waals surface area contributed by atoms with Crippen LogP contribution in [0.5, 0.6) is 0 Å². The van der Waals surface area contributed by atoms with Gasteiger partial charge in [0.2, 0.25) is 0 Å². The third-order valence-electron chi connectivity index (χ3n) is 2.60. The number of carbonyl (C=O) groups excluding carboxylic acids is 1. The van der Waals surface area contributed by atoms with Crippen molar-refractivity contribution in [2.45, 2.75) is 26.7 Å². The van der Waals surface area contributed by atoms with E-state index in [0.717, 1.165) is 29.7 Å². The minimum Gasteiger partial charge on any atom is -0.350 e. The van der Waals surface area contributed by atoms with Crippen LogP contribution < -0.4 is 11.2 Å². The van der Waals surface area contributed by atoms with Crippen molar-refractivity contribution in [3.63, 3.8) is 0 Å². The Morgan fingerprint density at radius 3 is 2.93 bits per heavy atom. The zero-order valence-corrected chi connectivity index (χ0v) is 9.21. The molecule has 1 rings (SSSR count). The van der Waals surface area contributed by atoms with Crippen molar-refractivity contribution in [3.05, 3.63) is 23.8 Å². The predicted octanol–water partition coefficient (Wildman–Crippen LogP) is 1.94. The van der Waals surface area contributed by atoms with Crippen LogP contribution in [0.15, 0.2) is 28.9 Å². The average molecular weight is 207 g/mol. The largest absolute Gasteiger partial charge is 0.350 e. The maximum atomic E-state index is 10.5. The highest BCUT2D eigenvalue weighted by Gasteiger charge is 2.18. The van der Waals surface area contributed by atoms with Crippen LogP contribution in [0.4, 0.5) is 4.79 Å². The van der Waals surface area contributed by atoms with E-state index in [2.05, 4.69) is 23.2 Å². The van der Waals surface area contributed by atoms with Gasteiger partial charge in [-0.1, -0.05) is 18.2 Å². The number of nitrogens with zero attached hydrogens (tertiary/aromatic N) is 1. The molecule has 0 aromatic carbocycles. The molecule has 15 heavy (non-hydrogen) atoms. The second-order valence-electron chi connectivity index (χ2n) is 3.90. The lowest BCUT2D eigenvalue weighted by atomic mass is 9.85. The third-order valence-corrected chi connectivity index (χ3v) is 2.60. The molecule has 4 heteroatoms. The SMILES string of the molecule is C=C(C)C1CC=C(C)/C(=N\NC(N)=O)C1. The van der Waals surface area contributed by atoms with E-state index in [4.69, 9.17) is 5.73 Å². The van der Waals surface area contributed by atoms with Gasteiger partial charge in [-0.2, -0.15) is 5.10 Å². The number of nitrogens with two attached hydrogens (primary N) is 1. The number of amides is 2. The van der Waals surface area contributed by atoms with Gasteiger partial charge in [0.1, 0.15) is 0 Å². The molecule has 3 N–H and O–H groups in total. The molecule has 1 aliphatic rings. The van der Waals surface area contributed by atoms with Gasteiger partial charge in [0, 0.05) is 0 Å². The zero-order valence-electron chi connectivity index (χ0n) is 9.21. The van der Waals surface area contributed by atoms with Crippen molar-refractivity contribution in [2.75, 3.05) is 0 Å². The van der Waals surface area contributed by atoms with Crippen LogP contribution in [-0.2, 0) is 0 Å². The molecule has 0 spiro atoms. The Labute approximate surface area is 89.9 Å². The number of urea groups is 1. The van der Waals surface area contributed by atoms with Crippen molar-refractivity contribution in [3.8, 4) is 0 Å². The summed E-state index contributed by atoms with van der Waals surface area (Å²) >= 11 is 0. The number of hydrazone groups is 1. The van der Waals surface area contributed by atoms with E-state index >= 15 is 0 Å². The van der Waals surface area contributed by atoms with Crippen LogP contribution in [0.2, 0.25) is 0 Å². The fourth-order valence-electron chi connectivity index (χ4n) is 1.55. The number of rotatable bonds is 2. The van der Waals surface area contributed by atoms with E-state index in [-0.39, 0.29) is 0 Å². The normalized spacial score (nSPS) is 23.5. The molecule has 82 valence electrons. The molecule has 0 aromatic heterocycles. The second-order valence-corrected chi connectivity index (χ2v) is 3.90. The fourth-order valence-corrected chi connectivity index (χ4v) is 1.55. The number of nitrogens with one attached hydrogen (secondary N) is 1. The first-order valence-electron chi connectivity index (χ1n) is 4.95. The highest BCUT2D eigenvalue weighted by Crippen LogP contribution is 2.26. The van der Waals surface area contributed by atoms with Gasteiger partial charge >= 0.3 is 6.03 Å². The van der Waals surface area contributed by atoms with E-state index < -0.39 is 6.03 Å². The van der Waals surface area contributed by atoms with Crippen LogP contribution in [-0.4, -0.2) is 11.7 Å². The van der Waals surface area contributed by atoms with E-state index in [1.54, 1.807) is 0 Å². The lowest BCUT2D eigenvalue weighted by Crippen LogP contribution is -2.27. The minimum absolute atomic E-state index is 0.419. The Morgan fingerprint density at radius 2 is 2.40 bits per heavy atom. The number of hydrogen-bond acceptors (Lipinski definition) is 2. The van der Waals surface area contributed by atoms with Gasteiger partial charge in [0.05, 0.1) is 5.71 Å². The predicted molar refractivity (Wildman–Crippen MR) is 61.4 cm³/mol. The number of hydrogen-bond donors (Lipinski definition) is 2. The first-order valence-corrected chi connectivity index (χ1v) is 4.95. The second kappa shape index (κ2) is 4.77. The molecule has 0 bridgehead atoms. The molecule has 0 fully saturated rings. The molecule has 1 atom stereocenters. The van der Waals surface area contributed by atoms with E-state index in [0.29, 0.717) is 5.92 Å². The van der Waals surface area contributed by atoms with E-state index in [1.807, 2.05) is 13.8 Å². The first-order chi connectivity index (χ1) is 7.00. The Hall–Kier alpha value is -1.58. The third kappa shape index (κ3) is 3.23. The monoisotopic (exact) mass is 207 g/mol. The van der Waals surface area contributed by atoms with Crippen LogP contribution in [0.1, 0.15) is 26.7 Å². The Kier molecular flexibility index (Phi) is 3.66. The molecule has 0 aliphatic heterocycles. The smallest absolute Gasteiger partial charge is 0.332 e. The summed E-state index contributed by atoms with van der Waals surface area (Å²) in [6.07, 6.45) is 3.93. The fraction of sp³-hybridized carbons (Fsp3) is 0.455. The van der Waals surface area contributed by atoms with Crippen LogP contribution in [0, 0.1) is 5.92 Å². The molecule has 0 radical (unpaired) electrons. The molecule has 0 saturated carbocycles. The van der Waals surface area contributed by atoms with E-state index in [1.165, 1.54) is 0 Å². The minimum atomic E-state index is -0.632. The van der Waals surface area contributed by atoms with Gasteiger partial charge < -0.3 is 5.73 Å². The van der Waals surface area contributed by atoms with E-state index in [9.17, 15) is 4.79 Å². The quantitative estimate of drug-likeness (QED) is 0.527. The molecule has 1 unspecified atom stereocenters. The number of primary amides is 1. The Bertz CT molecular complexity index is 342. The summed E-state index contributed by atoms with van der Waals surface area (Å²) in [5.41, 5.74) is 10.3. The summed E-state index contributed by atoms with van der Waals surface area (Å²) in [4.78, 5) is 10.5. The zero-order chi connectivity index (χ0) is 11.4. The van der Waals surface area contributed by atoms with Gasteiger partial charge in [-0.25, -0.2) is 10.2 Å².